The molecule has 98 valence electrons. The van der Waals surface area contributed by atoms with Crippen LogP contribution >= 0.6 is 0 Å². The second-order valence-electron chi connectivity index (χ2n) is 6.52. The van der Waals surface area contributed by atoms with E-state index in [1.807, 2.05) is 0 Å². The SMILES string of the molecule is C=C(C)C(=O)OC1C2CC3C1OC1CCCC2C13. The lowest BCUT2D eigenvalue weighted by Crippen LogP contribution is -2.41. The van der Waals surface area contributed by atoms with Gasteiger partial charge < -0.3 is 9.47 Å². The molecule has 3 aliphatic carbocycles. The minimum atomic E-state index is -0.242. The van der Waals surface area contributed by atoms with Crippen molar-refractivity contribution in [3.63, 3.8) is 0 Å². The van der Waals surface area contributed by atoms with E-state index in [0.29, 0.717) is 23.5 Å². The smallest absolute Gasteiger partial charge is 0.333 e. The van der Waals surface area contributed by atoms with Crippen molar-refractivity contribution in [2.24, 2.45) is 23.7 Å². The molecule has 7 unspecified atom stereocenters. The predicted octanol–water partition coefficient (Wildman–Crippen LogP) is 2.31. The highest BCUT2D eigenvalue weighted by Crippen LogP contribution is 2.63. The van der Waals surface area contributed by atoms with Crippen LogP contribution in [0.2, 0.25) is 0 Å². The first-order valence-electron chi connectivity index (χ1n) is 7.19. The summed E-state index contributed by atoms with van der Waals surface area (Å²) in [6.45, 7) is 5.39. The molecule has 2 bridgehead atoms. The Morgan fingerprint density at radius 2 is 2.11 bits per heavy atom. The molecule has 0 aromatic heterocycles. The average Bonchev–Trinajstić information content (AvgIpc) is 2.96. The van der Waals surface area contributed by atoms with Gasteiger partial charge in [-0.3, -0.25) is 0 Å². The van der Waals surface area contributed by atoms with Crippen LogP contribution in [0, 0.1) is 23.7 Å². The molecular weight excluding hydrogens is 228 g/mol. The molecule has 7 atom stereocenters. The number of hydrogen-bond acceptors (Lipinski definition) is 3. The number of ether oxygens (including phenoxy) is 2. The average molecular weight is 248 g/mol. The van der Waals surface area contributed by atoms with Crippen molar-refractivity contribution in [1.29, 1.82) is 0 Å². The Labute approximate surface area is 108 Å². The third kappa shape index (κ3) is 1.26. The molecule has 0 radical (unpaired) electrons. The molecule has 4 fully saturated rings. The van der Waals surface area contributed by atoms with E-state index >= 15 is 0 Å². The molecule has 4 aliphatic rings. The summed E-state index contributed by atoms with van der Waals surface area (Å²) in [6.07, 6.45) is 5.65. The van der Waals surface area contributed by atoms with Gasteiger partial charge in [0.15, 0.2) is 0 Å². The summed E-state index contributed by atoms with van der Waals surface area (Å²) < 4.78 is 11.9. The van der Waals surface area contributed by atoms with E-state index in [2.05, 4.69) is 6.58 Å². The molecule has 0 spiro atoms. The molecule has 4 rings (SSSR count). The van der Waals surface area contributed by atoms with E-state index in [9.17, 15) is 4.79 Å². The number of fused-ring (bicyclic) bond motifs is 2. The van der Waals surface area contributed by atoms with E-state index in [-0.39, 0.29) is 18.2 Å². The van der Waals surface area contributed by atoms with Crippen LogP contribution in [0.3, 0.4) is 0 Å². The Morgan fingerprint density at radius 1 is 1.28 bits per heavy atom. The fraction of sp³-hybridized carbons (Fsp3) is 0.800. The first-order chi connectivity index (χ1) is 8.66. The molecule has 0 N–H and O–H groups in total. The quantitative estimate of drug-likeness (QED) is 0.555. The summed E-state index contributed by atoms with van der Waals surface area (Å²) in [4.78, 5) is 11.8. The Bertz CT molecular complexity index is 416. The lowest BCUT2D eigenvalue weighted by molar-refractivity contribution is -0.154. The summed E-state index contributed by atoms with van der Waals surface area (Å²) in [5.74, 6) is 2.49. The van der Waals surface area contributed by atoms with Crippen molar-refractivity contribution in [2.75, 3.05) is 0 Å². The van der Waals surface area contributed by atoms with Gasteiger partial charge in [-0.15, -0.1) is 0 Å². The lowest BCUT2D eigenvalue weighted by atomic mass is 9.70. The number of esters is 1. The molecular formula is C15H20O3. The molecule has 1 saturated heterocycles. The van der Waals surface area contributed by atoms with Crippen molar-refractivity contribution in [3.05, 3.63) is 12.2 Å². The maximum Gasteiger partial charge on any atom is 0.333 e. The molecule has 3 saturated carbocycles. The van der Waals surface area contributed by atoms with E-state index in [0.717, 1.165) is 11.8 Å². The second-order valence-corrected chi connectivity index (χ2v) is 6.52. The third-order valence-corrected chi connectivity index (χ3v) is 5.63. The Morgan fingerprint density at radius 3 is 2.89 bits per heavy atom. The molecule has 1 heterocycles. The largest absolute Gasteiger partial charge is 0.456 e. The van der Waals surface area contributed by atoms with Gasteiger partial charge in [-0.05, 0) is 43.9 Å². The highest BCUT2D eigenvalue weighted by molar-refractivity contribution is 5.87. The number of hydrogen-bond donors (Lipinski definition) is 0. The van der Waals surface area contributed by atoms with Gasteiger partial charge in [-0.25, -0.2) is 4.79 Å². The molecule has 18 heavy (non-hydrogen) atoms. The van der Waals surface area contributed by atoms with Gasteiger partial charge in [0.25, 0.3) is 0 Å². The second kappa shape index (κ2) is 3.60. The molecule has 0 amide bonds. The Balaban J connectivity index is 1.60. The van der Waals surface area contributed by atoms with Crippen molar-refractivity contribution >= 4 is 5.97 Å². The van der Waals surface area contributed by atoms with Crippen LogP contribution < -0.4 is 0 Å². The summed E-state index contributed by atoms with van der Waals surface area (Å²) in [6, 6.07) is 0. The Kier molecular flexibility index (Phi) is 2.20. The topological polar surface area (TPSA) is 35.5 Å². The molecule has 0 aromatic rings. The summed E-state index contributed by atoms with van der Waals surface area (Å²) in [5, 5.41) is 0. The third-order valence-electron chi connectivity index (χ3n) is 5.63. The van der Waals surface area contributed by atoms with Crippen molar-refractivity contribution in [3.8, 4) is 0 Å². The van der Waals surface area contributed by atoms with Gasteiger partial charge >= 0.3 is 5.97 Å². The molecule has 1 aliphatic heterocycles. The van der Waals surface area contributed by atoms with Crippen molar-refractivity contribution < 1.29 is 14.3 Å². The zero-order chi connectivity index (χ0) is 12.4. The minimum Gasteiger partial charge on any atom is -0.456 e. The Hall–Kier alpha value is -0.830. The van der Waals surface area contributed by atoms with Gasteiger partial charge in [-0.1, -0.05) is 13.0 Å². The predicted molar refractivity (Wildman–Crippen MR) is 65.8 cm³/mol. The van der Waals surface area contributed by atoms with Crippen LogP contribution in [0.1, 0.15) is 32.6 Å². The van der Waals surface area contributed by atoms with Crippen LogP contribution in [0.4, 0.5) is 0 Å². The monoisotopic (exact) mass is 248 g/mol. The summed E-state index contributed by atoms with van der Waals surface area (Å²) >= 11 is 0. The van der Waals surface area contributed by atoms with Gasteiger partial charge in [0, 0.05) is 11.5 Å². The summed E-state index contributed by atoms with van der Waals surface area (Å²) in [5.41, 5.74) is 0.496. The van der Waals surface area contributed by atoms with Crippen molar-refractivity contribution in [2.45, 2.75) is 50.9 Å². The van der Waals surface area contributed by atoms with E-state index in [4.69, 9.17) is 9.47 Å². The van der Waals surface area contributed by atoms with Gasteiger partial charge in [-0.2, -0.15) is 0 Å². The van der Waals surface area contributed by atoms with Crippen LogP contribution in [0.15, 0.2) is 12.2 Å². The summed E-state index contributed by atoms with van der Waals surface area (Å²) in [7, 11) is 0. The van der Waals surface area contributed by atoms with E-state index in [1.54, 1.807) is 6.92 Å². The standard InChI is InChI=1S/C15H20O3/c1-7(2)15(16)18-13-9-6-10-12-8(9)4-3-5-11(12)17-14(10)13/h8-14H,1,3-6H2,2H3. The van der Waals surface area contributed by atoms with Crippen LogP contribution in [0.25, 0.3) is 0 Å². The normalized spacial score (nSPS) is 51.5. The zero-order valence-corrected chi connectivity index (χ0v) is 10.8. The van der Waals surface area contributed by atoms with Gasteiger partial charge in [0.2, 0.25) is 0 Å². The van der Waals surface area contributed by atoms with Crippen LogP contribution in [-0.2, 0) is 14.3 Å². The molecule has 3 nitrogen and oxygen atoms in total. The fourth-order valence-corrected chi connectivity index (χ4v) is 5.09. The van der Waals surface area contributed by atoms with Crippen molar-refractivity contribution in [1.82, 2.24) is 0 Å². The number of carbonyl (C=O) groups excluding carboxylic acids is 1. The zero-order valence-electron chi connectivity index (χ0n) is 10.8. The van der Waals surface area contributed by atoms with Crippen LogP contribution in [0.5, 0.6) is 0 Å². The molecule has 0 aromatic carbocycles. The molecule has 3 heteroatoms. The fourth-order valence-electron chi connectivity index (χ4n) is 5.09. The first-order valence-corrected chi connectivity index (χ1v) is 7.19. The van der Waals surface area contributed by atoms with Crippen LogP contribution in [-0.4, -0.2) is 24.3 Å². The minimum absolute atomic E-state index is 0.00329. The van der Waals surface area contributed by atoms with E-state index < -0.39 is 0 Å². The maximum atomic E-state index is 11.8. The van der Waals surface area contributed by atoms with Gasteiger partial charge in [0.1, 0.15) is 6.10 Å². The van der Waals surface area contributed by atoms with Gasteiger partial charge in [0.05, 0.1) is 12.2 Å². The highest BCUT2D eigenvalue weighted by atomic mass is 16.6. The lowest BCUT2D eigenvalue weighted by Gasteiger charge is -2.36. The number of carbonyl (C=O) groups is 1. The highest BCUT2D eigenvalue weighted by Gasteiger charge is 2.67. The number of rotatable bonds is 2. The van der Waals surface area contributed by atoms with E-state index in [1.165, 1.54) is 25.7 Å². The maximum absolute atomic E-state index is 11.8. The first kappa shape index (κ1) is 11.0.